The van der Waals surface area contributed by atoms with Gasteiger partial charge in [0.1, 0.15) is 0 Å². The molecule has 0 aliphatic rings. The van der Waals surface area contributed by atoms with E-state index in [1.807, 2.05) is 52.2 Å². The number of amides is 1. The van der Waals surface area contributed by atoms with Gasteiger partial charge in [0.15, 0.2) is 0 Å². The van der Waals surface area contributed by atoms with Crippen molar-refractivity contribution in [3.63, 3.8) is 0 Å². The maximum absolute atomic E-state index is 12.2. The van der Waals surface area contributed by atoms with Crippen LogP contribution in [0, 0.1) is 0 Å². The molecule has 100 valence electrons. The molecule has 1 atom stereocenters. The van der Waals surface area contributed by atoms with Crippen LogP contribution in [0.4, 0.5) is 5.69 Å². The average Bonchev–Trinajstić information content (AvgIpc) is 2.28. The third kappa shape index (κ3) is 4.37. The van der Waals surface area contributed by atoms with Crippen molar-refractivity contribution in [1.29, 1.82) is 0 Å². The van der Waals surface area contributed by atoms with Crippen LogP contribution in [0.25, 0.3) is 0 Å². The van der Waals surface area contributed by atoms with E-state index >= 15 is 0 Å². The largest absolute Gasteiger partial charge is 0.385 e. The summed E-state index contributed by atoms with van der Waals surface area (Å²) in [6.07, 6.45) is 0. The molecule has 0 saturated carbocycles. The molecule has 1 unspecified atom stereocenters. The Morgan fingerprint density at radius 2 is 2.00 bits per heavy atom. The Morgan fingerprint density at radius 3 is 2.61 bits per heavy atom. The van der Waals surface area contributed by atoms with Gasteiger partial charge in [0.25, 0.3) is 5.91 Å². The zero-order valence-corrected chi connectivity index (χ0v) is 11.7. The van der Waals surface area contributed by atoms with E-state index in [4.69, 9.17) is 0 Å². The van der Waals surface area contributed by atoms with Crippen LogP contribution in [0.2, 0.25) is 0 Å². The first-order valence-corrected chi connectivity index (χ1v) is 6.33. The van der Waals surface area contributed by atoms with Crippen molar-refractivity contribution < 1.29 is 4.79 Å². The molecule has 0 aromatic heterocycles. The van der Waals surface area contributed by atoms with Crippen molar-refractivity contribution in [1.82, 2.24) is 10.2 Å². The minimum Gasteiger partial charge on any atom is -0.385 e. The molecule has 1 amide bonds. The van der Waals surface area contributed by atoms with E-state index in [9.17, 15) is 4.79 Å². The highest BCUT2D eigenvalue weighted by Crippen LogP contribution is 2.14. The number of hydrogen-bond acceptors (Lipinski definition) is 3. The second-order valence-electron chi connectivity index (χ2n) is 4.71. The second-order valence-corrected chi connectivity index (χ2v) is 4.71. The van der Waals surface area contributed by atoms with Gasteiger partial charge in [0, 0.05) is 24.8 Å². The lowest BCUT2D eigenvalue weighted by molar-refractivity contribution is 0.0935. The standard InChI is InChI=1S/C14H23N3O/c1-5-15-13-9-7-6-8-12(13)14(18)16-11(2)10-17(3)4/h6-9,11,15H,5,10H2,1-4H3,(H,16,18). The average molecular weight is 249 g/mol. The number of likely N-dealkylation sites (N-methyl/N-ethyl adjacent to an activating group) is 1. The maximum atomic E-state index is 12.2. The molecular weight excluding hydrogens is 226 g/mol. The number of para-hydroxylation sites is 1. The fourth-order valence-electron chi connectivity index (χ4n) is 1.92. The van der Waals surface area contributed by atoms with Crippen LogP contribution in [0.3, 0.4) is 0 Å². The summed E-state index contributed by atoms with van der Waals surface area (Å²) in [5, 5.41) is 6.21. The molecule has 2 N–H and O–H groups in total. The molecule has 1 rings (SSSR count). The Labute approximate surface area is 109 Å². The topological polar surface area (TPSA) is 44.4 Å². The molecule has 0 heterocycles. The van der Waals surface area contributed by atoms with Crippen molar-refractivity contribution in [2.24, 2.45) is 0 Å². The summed E-state index contributed by atoms with van der Waals surface area (Å²) in [6.45, 7) is 5.66. The van der Waals surface area contributed by atoms with Crippen LogP contribution in [0.5, 0.6) is 0 Å². The number of anilines is 1. The number of carbonyl (C=O) groups excluding carboxylic acids is 1. The second kappa shape index (κ2) is 7.01. The number of carbonyl (C=O) groups is 1. The lowest BCUT2D eigenvalue weighted by Gasteiger charge is -2.19. The summed E-state index contributed by atoms with van der Waals surface area (Å²) in [7, 11) is 3.99. The van der Waals surface area contributed by atoms with Gasteiger partial charge in [0.05, 0.1) is 5.56 Å². The predicted molar refractivity (Wildman–Crippen MR) is 76.1 cm³/mol. The minimum absolute atomic E-state index is 0.0269. The van der Waals surface area contributed by atoms with Crippen LogP contribution in [0.15, 0.2) is 24.3 Å². The summed E-state index contributed by atoms with van der Waals surface area (Å²) in [6, 6.07) is 7.71. The molecule has 18 heavy (non-hydrogen) atoms. The van der Waals surface area contributed by atoms with Gasteiger partial charge in [0.2, 0.25) is 0 Å². The third-order valence-corrected chi connectivity index (χ3v) is 2.56. The summed E-state index contributed by atoms with van der Waals surface area (Å²) in [4.78, 5) is 14.2. The lowest BCUT2D eigenvalue weighted by Crippen LogP contribution is -2.39. The smallest absolute Gasteiger partial charge is 0.253 e. The van der Waals surface area contributed by atoms with Crippen LogP contribution < -0.4 is 10.6 Å². The first-order chi connectivity index (χ1) is 8.54. The monoisotopic (exact) mass is 249 g/mol. The molecule has 0 spiro atoms. The fraction of sp³-hybridized carbons (Fsp3) is 0.500. The van der Waals surface area contributed by atoms with Gasteiger partial charge in [-0.3, -0.25) is 4.79 Å². The van der Waals surface area contributed by atoms with Crippen LogP contribution in [-0.4, -0.2) is 44.0 Å². The third-order valence-electron chi connectivity index (χ3n) is 2.56. The molecule has 1 aromatic rings. The summed E-state index contributed by atoms with van der Waals surface area (Å²) < 4.78 is 0. The van der Waals surface area contributed by atoms with Gasteiger partial charge in [-0.2, -0.15) is 0 Å². The number of hydrogen-bond donors (Lipinski definition) is 2. The molecule has 0 fully saturated rings. The summed E-state index contributed by atoms with van der Waals surface area (Å²) in [5.41, 5.74) is 1.58. The highest BCUT2D eigenvalue weighted by molar-refractivity contribution is 5.99. The Kier molecular flexibility index (Phi) is 5.65. The van der Waals surface area contributed by atoms with Crippen molar-refractivity contribution >= 4 is 11.6 Å². The fourth-order valence-corrected chi connectivity index (χ4v) is 1.92. The minimum atomic E-state index is -0.0269. The van der Waals surface area contributed by atoms with Crippen LogP contribution in [0.1, 0.15) is 24.2 Å². The van der Waals surface area contributed by atoms with E-state index in [0.29, 0.717) is 5.56 Å². The van der Waals surface area contributed by atoms with Gasteiger partial charge in [-0.15, -0.1) is 0 Å². The molecule has 0 aliphatic carbocycles. The highest BCUT2D eigenvalue weighted by atomic mass is 16.1. The zero-order chi connectivity index (χ0) is 13.5. The van der Waals surface area contributed by atoms with Crippen LogP contribution in [-0.2, 0) is 0 Å². The Morgan fingerprint density at radius 1 is 1.33 bits per heavy atom. The number of nitrogens with one attached hydrogen (secondary N) is 2. The van der Waals surface area contributed by atoms with Gasteiger partial charge in [-0.25, -0.2) is 0 Å². The van der Waals surface area contributed by atoms with Crippen molar-refractivity contribution in [3.05, 3.63) is 29.8 Å². The van der Waals surface area contributed by atoms with E-state index in [1.165, 1.54) is 0 Å². The SMILES string of the molecule is CCNc1ccccc1C(=O)NC(C)CN(C)C. The normalized spacial score (nSPS) is 12.3. The first kappa shape index (κ1) is 14.5. The van der Waals surface area contributed by atoms with Crippen molar-refractivity contribution in [2.75, 3.05) is 32.5 Å². The molecule has 0 radical (unpaired) electrons. The molecule has 0 saturated heterocycles. The van der Waals surface area contributed by atoms with E-state index < -0.39 is 0 Å². The molecule has 0 bridgehead atoms. The summed E-state index contributed by atoms with van der Waals surface area (Å²) >= 11 is 0. The van der Waals surface area contributed by atoms with Crippen molar-refractivity contribution in [3.8, 4) is 0 Å². The number of rotatable bonds is 6. The summed E-state index contributed by atoms with van der Waals surface area (Å²) in [5.74, 6) is -0.0269. The Bertz CT molecular complexity index is 390. The lowest BCUT2D eigenvalue weighted by atomic mass is 10.1. The van der Waals surface area contributed by atoms with E-state index in [0.717, 1.165) is 18.8 Å². The number of nitrogens with zero attached hydrogens (tertiary/aromatic N) is 1. The maximum Gasteiger partial charge on any atom is 0.253 e. The van der Waals surface area contributed by atoms with Gasteiger partial charge in [-0.05, 0) is 40.1 Å². The Hall–Kier alpha value is -1.55. The molecule has 4 nitrogen and oxygen atoms in total. The molecular formula is C14H23N3O. The van der Waals surface area contributed by atoms with Crippen molar-refractivity contribution in [2.45, 2.75) is 19.9 Å². The van der Waals surface area contributed by atoms with Gasteiger partial charge >= 0.3 is 0 Å². The molecule has 1 aromatic carbocycles. The predicted octanol–water partition coefficient (Wildman–Crippen LogP) is 1.80. The zero-order valence-electron chi connectivity index (χ0n) is 11.7. The van der Waals surface area contributed by atoms with E-state index in [2.05, 4.69) is 15.5 Å². The Balaban J connectivity index is 2.71. The molecule has 4 heteroatoms. The highest BCUT2D eigenvalue weighted by Gasteiger charge is 2.13. The quantitative estimate of drug-likeness (QED) is 0.808. The van der Waals surface area contributed by atoms with E-state index in [1.54, 1.807) is 0 Å². The first-order valence-electron chi connectivity index (χ1n) is 6.33. The van der Waals surface area contributed by atoms with Gasteiger partial charge < -0.3 is 15.5 Å². The van der Waals surface area contributed by atoms with Crippen LogP contribution >= 0.6 is 0 Å². The van der Waals surface area contributed by atoms with E-state index in [-0.39, 0.29) is 11.9 Å². The van der Waals surface area contributed by atoms with Gasteiger partial charge in [-0.1, -0.05) is 12.1 Å². The number of benzene rings is 1. The molecule has 0 aliphatic heterocycles.